The van der Waals surface area contributed by atoms with Gasteiger partial charge in [-0.05, 0) is 36.2 Å². The molecule has 2 rings (SSSR count). The fourth-order valence-electron chi connectivity index (χ4n) is 1.90. The van der Waals surface area contributed by atoms with Crippen LogP contribution >= 0.6 is 0 Å². The molecule has 0 bridgehead atoms. The molecule has 4 heteroatoms. The summed E-state index contributed by atoms with van der Waals surface area (Å²) in [5, 5.41) is 20.2. The summed E-state index contributed by atoms with van der Waals surface area (Å²) in [6.45, 7) is 0.591. The summed E-state index contributed by atoms with van der Waals surface area (Å²) in [4.78, 5) is 4.43. The predicted octanol–water partition coefficient (Wildman–Crippen LogP) is 2.62. The van der Waals surface area contributed by atoms with Crippen LogP contribution in [0.5, 0.6) is 0 Å². The highest BCUT2D eigenvalue weighted by Gasteiger charge is 2.02. The summed E-state index contributed by atoms with van der Waals surface area (Å²) in [6, 6.07) is 19.1. The minimum absolute atomic E-state index is 0.526. The molecule has 1 N–H and O–H groups in total. The molecule has 0 aliphatic heterocycles. The standard InChI is InChI=1S/C17H14N4/c18-12-15-6-8-16(9-7-15)17(21-13-19)20-11-10-14-4-2-1-3-5-14/h1-9H,10-11H2,(H,20,21). The van der Waals surface area contributed by atoms with Crippen LogP contribution in [0.15, 0.2) is 59.6 Å². The molecule has 0 saturated carbocycles. The van der Waals surface area contributed by atoms with Gasteiger partial charge in [-0.2, -0.15) is 10.5 Å². The Kier molecular flexibility index (Phi) is 5.09. The summed E-state index contributed by atoms with van der Waals surface area (Å²) < 4.78 is 0. The van der Waals surface area contributed by atoms with Crippen LogP contribution in [0.2, 0.25) is 0 Å². The molecule has 0 saturated heterocycles. The number of hydrogen-bond donors (Lipinski definition) is 1. The fraction of sp³-hybridized carbons (Fsp3) is 0.118. The molecule has 0 spiro atoms. The molecule has 102 valence electrons. The van der Waals surface area contributed by atoms with Crippen LogP contribution in [-0.2, 0) is 6.42 Å². The van der Waals surface area contributed by atoms with Crippen LogP contribution in [0.25, 0.3) is 0 Å². The number of nitrogens with zero attached hydrogens (tertiary/aromatic N) is 3. The van der Waals surface area contributed by atoms with E-state index in [4.69, 9.17) is 10.5 Å². The van der Waals surface area contributed by atoms with Crippen molar-refractivity contribution in [3.63, 3.8) is 0 Å². The zero-order valence-electron chi connectivity index (χ0n) is 11.5. The first-order valence-corrected chi connectivity index (χ1v) is 6.57. The zero-order valence-corrected chi connectivity index (χ0v) is 11.5. The van der Waals surface area contributed by atoms with E-state index < -0.39 is 0 Å². The molecule has 0 atom stereocenters. The first-order valence-electron chi connectivity index (χ1n) is 6.57. The van der Waals surface area contributed by atoms with Gasteiger partial charge in [-0.15, -0.1) is 0 Å². The first kappa shape index (κ1) is 14.3. The van der Waals surface area contributed by atoms with E-state index in [2.05, 4.69) is 28.5 Å². The number of hydrogen-bond acceptors (Lipinski definition) is 3. The molecule has 0 radical (unpaired) electrons. The Bertz CT molecular complexity index is 688. The van der Waals surface area contributed by atoms with Gasteiger partial charge in [-0.25, -0.2) is 0 Å². The third-order valence-electron chi connectivity index (χ3n) is 2.97. The zero-order chi connectivity index (χ0) is 14.9. The van der Waals surface area contributed by atoms with Gasteiger partial charge in [0.25, 0.3) is 0 Å². The average Bonchev–Trinajstić information content (AvgIpc) is 2.55. The Labute approximate surface area is 124 Å². The molecular weight excluding hydrogens is 260 g/mol. The minimum Gasteiger partial charge on any atom is -0.277 e. The number of nitriles is 2. The van der Waals surface area contributed by atoms with Crippen molar-refractivity contribution in [2.45, 2.75) is 6.42 Å². The van der Waals surface area contributed by atoms with Gasteiger partial charge in [0.1, 0.15) is 5.84 Å². The van der Waals surface area contributed by atoms with E-state index in [1.165, 1.54) is 5.56 Å². The maximum atomic E-state index is 8.82. The van der Waals surface area contributed by atoms with E-state index in [1.807, 2.05) is 24.4 Å². The van der Waals surface area contributed by atoms with Gasteiger partial charge in [0.2, 0.25) is 0 Å². The van der Waals surface area contributed by atoms with Crippen LogP contribution < -0.4 is 5.32 Å². The van der Waals surface area contributed by atoms with Gasteiger partial charge in [0.05, 0.1) is 11.6 Å². The monoisotopic (exact) mass is 274 g/mol. The maximum Gasteiger partial charge on any atom is 0.182 e. The van der Waals surface area contributed by atoms with Crippen LogP contribution in [0.3, 0.4) is 0 Å². The minimum atomic E-state index is 0.526. The molecule has 0 unspecified atom stereocenters. The van der Waals surface area contributed by atoms with Crippen LogP contribution in [0.4, 0.5) is 0 Å². The molecule has 2 aromatic rings. The summed E-state index contributed by atoms with van der Waals surface area (Å²) >= 11 is 0. The Morgan fingerprint density at radius 2 is 1.71 bits per heavy atom. The van der Waals surface area contributed by atoms with Gasteiger partial charge in [0, 0.05) is 12.1 Å². The van der Waals surface area contributed by atoms with Crippen molar-refractivity contribution in [1.29, 1.82) is 10.5 Å². The first-order chi connectivity index (χ1) is 10.3. The van der Waals surface area contributed by atoms with E-state index in [0.29, 0.717) is 17.9 Å². The summed E-state index contributed by atoms with van der Waals surface area (Å²) in [7, 11) is 0. The molecular formula is C17H14N4. The molecule has 21 heavy (non-hydrogen) atoms. The number of rotatable bonds is 4. The second kappa shape index (κ2) is 7.47. The predicted molar refractivity (Wildman–Crippen MR) is 81.5 cm³/mol. The van der Waals surface area contributed by atoms with Gasteiger partial charge in [-0.1, -0.05) is 30.3 Å². The number of nitrogens with one attached hydrogen (secondary N) is 1. The van der Waals surface area contributed by atoms with Crippen molar-refractivity contribution in [3.8, 4) is 12.3 Å². The summed E-state index contributed by atoms with van der Waals surface area (Å²) in [6.07, 6.45) is 2.71. The average molecular weight is 274 g/mol. The number of amidine groups is 1. The van der Waals surface area contributed by atoms with Crippen LogP contribution in [-0.4, -0.2) is 12.4 Å². The van der Waals surface area contributed by atoms with E-state index in [9.17, 15) is 0 Å². The SMILES string of the molecule is N#CN/C(=N\CCc1ccccc1)c1ccc(C#N)cc1. The lowest BCUT2D eigenvalue weighted by Crippen LogP contribution is -2.19. The highest BCUT2D eigenvalue weighted by Crippen LogP contribution is 2.05. The van der Waals surface area contributed by atoms with Crippen LogP contribution in [0.1, 0.15) is 16.7 Å². The third kappa shape index (κ3) is 4.19. The van der Waals surface area contributed by atoms with E-state index in [-0.39, 0.29) is 0 Å². The second-order valence-corrected chi connectivity index (χ2v) is 4.39. The van der Waals surface area contributed by atoms with E-state index >= 15 is 0 Å². The van der Waals surface area contributed by atoms with Crippen molar-refractivity contribution >= 4 is 5.84 Å². The van der Waals surface area contributed by atoms with Crippen molar-refractivity contribution in [3.05, 3.63) is 71.3 Å². The number of aliphatic imine (C=N–C) groups is 1. The Morgan fingerprint density at radius 3 is 2.33 bits per heavy atom. The highest BCUT2D eigenvalue weighted by atomic mass is 15.0. The van der Waals surface area contributed by atoms with E-state index in [0.717, 1.165) is 12.0 Å². The summed E-state index contributed by atoms with van der Waals surface area (Å²) in [5.41, 5.74) is 2.58. The second-order valence-electron chi connectivity index (χ2n) is 4.39. The Morgan fingerprint density at radius 1 is 1.00 bits per heavy atom. The topological polar surface area (TPSA) is 72.0 Å². The normalized spacial score (nSPS) is 10.5. The molecule has 0 heterocycles. The Balaban J connectivity index is 2.09. The van der Waals surface area contributed by atoms with Crippen molar-refractivity contribution in [2.24, 2.45) is 4.99 Å². The van der Waals surface area contributed by atoms with Gasteiger partial charge < -0.3 is 0 Å². The van der Waals surface area contributed by atoms with Gasteiger partial charge in [-0.3, -0.25) is 10.3 Å². The highest BCUT2D eigenvalue weighted by molar-refractivity contribution is 5.99. The van der Waals surface area contributed by atoms with Crippen LogP contribution in [0, 0.1) is 22.8 Å². The lowest BCUT2D eigenvalue weighted by atomic mass is 10.1. The van der Waals surface area contributed by atoms with Crippen molar-refractivity contribution in [2.75, 3.05) is 6.54 Å². The van der Waals surface area contributed by atoms with Gasteiger partial charge >= 0.3 is 0 Å². The lowest BCUT2D eigenvalue weighted by Gasteiger charge is -2.05. The van der Waals surface area contributed by atoms with E-state index in [1.54, 1.807) is 24.3 Å². The fourth-order valence-corrected chi connectivity index (χ4v) is 1.90. The molecule has 0 amide bonds. The number of benzene rings is 2. The molecule has 0 aliphatic carbocycles. The van der Waals surface area contributed by atoms with Gasteiger partial charge in [0.15, 0.2) is 6.19 Å². The van der Waals surface area contributed by atoms with Crippen molar-refractivity contribution in [1.82, 2.24) is 5.32 Å². The molecule has 4 nitrogen and oxygen atoms in total. The summed E-state index contributed by atoms with van der Waals surface area (Å²) in [5.74, 6) is 0.526. The molecule has 0 aliphatic rings. The quantitative estimate of drug-likeness (QED) is 0.403. The largest absolute Gasteiger partial charge is 0.277 e. The molecule has 2 aromatic carbocycles. The lowest BCUT2D eigenvalue weighted by molar-refractivity contribution is 0.958. The molecule has 0 aromatic heterocycles. The molecule has 0 fully saturated rings. The van der Waals surface area contributed by atoms with Crippen molar-refractivity contribution < 1.29 is 0 Å². The third-order valence-corrected chi connectivity index (χ3v) is 2.97. The smallest absolute Gasteiger partial charge is 0.182 e. The maximum absolute atomic E-state index is 8.82. The Hall–Kier alpha value is -3.11.